The van der Waals surface area contributed by atoms with Crippen molar-refractivity contribution in [1.82, 2.24) is 4.90 Å². The quantitative estimate of drug-likeness (QED) is 0.774. The molecule has 0 bridgehead atoms. The van der Waals surface area contributed by atoms with Crippen LogP contribution in [0.4, 0.5) is 0 Å². The van der Waals surface area contributed by atoms with E-state index in [1.54, 1.807) is 0 Å². The van der Waals surface area contributed by atoms with Crippen molar-refractivity contribution >= 4 is 0 Å². The summed E-state index contributed by atoms with van der Waals surface area (Å²) in [7, 11) is 0. The zero-order valence-corrected chi connectivity index (χ0v) is 10.3. The molecule has 0 spiro atoms. The Balaban J connectivity index is 2.07. The van der Waals surface area contributed by atoms with Crippen LogP contribution in [-0.2, 0) is 0 Å². The Morgan fingerprint density at radius 1 is 1.40 bits per heavy atom. The van der Waals surface area contributed by atoms with Crippen LogP contribution in [0.3, 0.4) is 0 Å². The van der Waals surface area contributed by atoms with Crippen LogP contribution in [0.15, 0.2) is 0 Å². The molecule has 2 rings (SSSR count). The lowest BCUT2D eigenvalue weighted by Crippen LogP contribution is -2.54. The minimum atomic E-state index is 0.365. The lowest BCUT2D eigenvalue weighted by Gasteiger charge is -2.42. The van der Waals surface area contributed by atoms with Crippen LogP contribution in [-0.4, -0.2) is 30.1 Å². The Hall–Kier alpha value is -0.0800. The van der Waals surface area contributed by atoms with E-state index in [9.17, 15) is 0 Å². The molecule has 1 heterocycles. The number of nitrogens with zero attached hydrogens (tertiary/aromatic N) is 1. The largest absolute Gasteiger partial charge is 0.329 e. The first kappa shape index (κ1) is 11.4. The van der Waals surface area contributed by atoms with Crippen molar-refractivity contribution in [2.75, 3.05) is 19.6 Å². The maximum absolute atomic E-state index is 6.08. The first-order valence-electron chi connectivity index (χ1n) is 6.68. The van der Waals surface area contributed by atoms with Gasteiger partial charge in [0.2, 0.25) is 0 Å². The van der Waals surface area contributed by atoms with Crippen LogP contribution in [0.1, 0.15) is 46.0 Å². The molecule has 3 unspecified atom stereocenters. The van der Waals surface area contributed by atoms with E-state index >= 15 is 0 Å². The highest BCUT2D eigenvalue weighted by Crippen LogP contribution is 2.42. The van der Waals surface area contributed by atoms with Crippen molar-refractivity contribution in [3.05, 3.63) is 0 Å². The summed E-state index contributed by atoms with van der Waals surface area (Å²) in [6.45, 7) is 8.18. The summed E-state index contributed by atoms with van der Waals surface area (Å²) in [4.78, 5) is 2.72. The van der Waals surface area contributed by atoms with Gasteiger partial charge in [0.15, 0.2) is 0 Å². The SMILES string of the molecule is CCC1CCN(C2(CN)CCCC2C)C1. The molecule has 2 aliphatic rings. The van der Waals surface area contributed by atoms with E-state index in [2.05, 4.69) is 18.7 Å². The minimum absolute atomic E-state index is 0.365. The molecule has 1 saturated heterocycles. The van der Waals surface area contributed by atoms with E-state index in [0.717, 1.165) is 18.4 Å². The number of nitrogens with two attached hydrogens (primary N) is 1. The number of hydrogen-bond acceptors (Lipinski definition) is 2. The zero-order valence-electron chi connectivity index (χ0n) is 10.3. The fraction of sp³-hybridized carbons (Fsp3) is 1.00. The summed E-state index contributed by atoms with van der Waals surface area (Å²) in [5.74, 6) is 1.74. The molecule has 0 radical (unpaired) electrons. The summed E-state index contributed by atoms with van der Waals surface area (Å²) in [6.07, 6.45) is 6.83. The van der Waals surface area contributed by atoms with E-state index in [1.165, 1.54) is 45.2 Å². The monoisotopic (exact) mass is 210 g/mol. The van der Waals surface area contributed by atoms with E-state index in [1.807, 2.05) is 0 Å². The topological polar surface area (TPSA) is 29.3 Å². The zero-order chi connectivity index (χ0) is 10.9. The number of rotatable bonds is 3. The fourth-order valence-corrected chi connectivity index (χ4v) is 3.70. The van der Waals surface area contributed by atoms with Gasteiger partial charge < -0.3 is 5.73 Å². The van der Waals surface area contributed by atoms with Gasteiger partial charge in [-0.05, 0) is 37.6 Å². The molecule has 0 aromatic heterocycles. The molecule has 2 heteroatoms. The molecule has 2 N–H and O–H groups in total. The van der Waals surface area contributed by atoms with E-state index in [0.29, 0.717) is 5.54 Å². The standard InChI is InChI=1S/C13H26N2/c1-3-12-6-8-15(9-12)13(10-14)7-4-5-11(13)2/h11-12H,3-10,14H2,1-2H3. The molecule has 0 aromatic carbocycles. The van der Waals surface area contributed by atoms with E-state index in [4.69, 9.17) is 5.73 Å². The van der Waals surface area contributed by atoms with Crippen molar-refractivity contribution < 1.29 is 0 Å². The molecular formula is C13H26N2. The third-order valence-electron chi connectivity index (χ3n) is 5.01. The molecule has 2 fully saturated rings. The van der Waals surface area contributed by atoms with Gasteiger partial charge in [-0.25, -0.2) is 0 Å². The second-order valence-electron chi connectivity index (χ2n) is 5.61. The second kappa shape index (κ2) is 4.42. The maximum atomic E-state index is 6.08. The molecule has 88 valence electrons. The number of likely N-dealkylation sites (tertiary alicyclic amines) is 1. The number of hydrogen-bond donors (Lipinski definition) is 1. The highest BCUT2D eigenvalue weighted by molar-refractivity contribution is 5.02. The highest BCUT2D eigenvalue weighted by atomic mass is 15.2. The van der Waals surface area contributed by atoms with Crippen molar-refractivity contribution in [3.8, 4) is 0 Å². The summed E-state index contributed by atoms with van der Waals surface area (Å²) in [5, 5.41) is 0. The predicted molar refractivity (Wildman–Crippen MR) is 64.8 cm³/mol. The first-order chi connectivity index (χ1) is 7.23. The minimum Gasteiger partial charge on any atom is -0.329 e. The first-order valence-corrected chi connectivity index (χ1v) is 6.68. The van der Waals surface area contributed by atoms with Crippen LogP contribution >= 0.6 is 0 Å². The lowest BCUT2D eigenvalue weighted by atomic mass is 9.86. The third kappa shape index (κ3) is 1.83. The van der Waals surface area contributed by atoms with Crippen LogP contribution in [0.5, 0.6) is 0 Å². The molecule has 1 aliphatic heterocycles. The fourth-order valence-electron chi connectivity index (χ4n) is 3.70. The van der Waals surface area contributed by atoms with Crippen molar-refractivity contribution in [1.29, 1.82) is 0 Å². The summed E-state index contributed by atoms with van der Waals surface area (Å²) < 4.78 is 0. The predicted octanol–water partition coefficient (Wildman–Crippen LogP) is 2.24. The Labute approximate surface area is 94.2 Å². The molecule has 3 atom stereocenters. The van der Waals surface area contributed by atoms with Gasteiger partial charge in [-0.3, -0.25) is 4.90 Å². The second-order valence-corrected chi connectivity index (χ2v) is 5.61. The molecule has 1 saturated carbocycles. The molecule has 2 nitrogen and oxygen atoms in total. The molecule has 0 amide bonds. The molecule has 0 aromatic rings. The Morgan fingerprint density at radius 2 is 2.20 bits per heavy atom. The highest BCUT2D eigenvalue weighted by Gasteiger charge is 2.45. The average Bonchev–Trinajstić information content (AvgIpc) is 2.84. The van der Waals surface area contributed by atoms with Gasteiger partial charge in [-0.1, -0.05) is 26.7 Å². The Kier molecular flexibility index (Phi) is 3.36. The van der Waals surface area contributed by atoms with Crippen molar-refractivity contribution in [2.24, 2.45) is 17.6 Å². The van der Waals surface area contributed by atoms with E-state index in [-0.39, 0.29) is 0 Å². The summed E-state index contributed by atoms with van der Waals surface area (Å²) >= 11 is 0. The lowest BCUT2D eigenvalue weighted by molar-refractivity contribution is 0.0851. The Bertz CT molecular complexity index is 217. The smallest absolute Gasteiger partial charge is 0.0357 e. The van der Waals surface area contributed by atoms with Crippen molar-refractivity contribution in [2.45, 2.75) is 51.5 Å². The van der Waals surface area contributed by atoms with Crippen LogP contribution in [0.2, 0.25) is 0 Å². The van der Waals surface area contributed by atoms with Gasteiger partial charge in [0.25, 0.3) is 0 Å². The van der Waals surface area contributed by atoms with Crippen LogP contribution < -0.4 is 5.73 Å². The van der Waals surface area contributed by atoms with Gasteiger partial charge in [0.05, 0.1) is 0 Å². The van der Waals surface area contributed by atoms with E-state index < -0.39 is 0 Å². The molecule has 1 aliphatic carbocycles. The van der Waals surface area contributed by atoms with Crippen LogP contribution in [0, 0.1) is 11.8 Å². The van der Waals surface area contributed by atoms with Gasteiger partial charge in [0.1, 0.15) is 0 Å². The van der Waals surface area contributed by atoms with Crippen molar-refractivity contribution in [3.63, 3.8) is 0 Å². The summed E-state index contributed by atoms with van der Waals surface area (Å²) in [5.41, 5.74) is 6.45. The Morgan fingerprint density at radius 3 is 2.67 bits per heavy atom. The van der Waals surface area contributed by atoms with Gasteiger partial charge in [0, 0.05) is 18.6 Å². The molecule has 15 heavy (non-hydrogen) atoms. The third-order valence-corrected chi connectivity index (χ3v) is 5.01. The molecular weight excluding hydrogens is 184 g/mol. The van der Waals surface area contributed by atoms with Crippen LogP contribution in [0.25, 0.3) is 0 Å². The van der Waals surface area contributed by atoms with Gasteiger partial charge >= 0.3 is 0 Å². The maximum Gasteiger partial charge on any atom is 0.0357 e. The summed E-state index contributed by atoms with van der Waals surface area (Å²) in [6, 6.07) is 0. The normalized spacial score (nSPS) is 42.6. The van der Waals surface area contributed by atoms with Gasteiger partial charge in [-0.2, -0.15) is 0 Å². The van der Waals surface area contributed by atoms with Gasteiger partial charge in [-0.15, -0.1) is 0 Å². The average molecular weight is 210 g/mol.